The van der Waals surface area contributed by atoms with E-state index < -0.39 is 28.0 Å². The van der Waals surface area contributed by atoms with Gasteiger partial charge in [-0.2, -0.15) is 0 Å². The van der Waals surface area contributed by atoms with Crippen molar-refractivity contribution in [3.8, 4) is 5.75 Å². The standard InChI is InChI=1S/C21H21F3N4O4S2/c1-13(2)19-26-27-20(33-19)28-34(30,31)15-9-7-14(8-10-15)11-12-25-18(29)16-5-3-4-6-17(16)32-21(22,23)24/h3-10,13H,11-12H2,1-2H3,(H,25,29)(H,27,28). The minimum Gasteiger partial charge on any atom is -0.405 e. The molecule has 1 amide bonds. The molecule has 0 aliphatic heterocycles. The maximum atomic E-state index is 12.6. The molecule has 13 heteroatoms. The van der Waals surface area contributed by atoms with Crippen LogP contribution in [0.1, 0.15) is 40.7 Å². The molecule has 0 saturated carbocycles. The van der Waals surface area contributed by atoms with E-state index in [0.29, 0.717) is 11.4 Å². The van der Waals surface area contributed by atoms with E-state index in [0.717, 1.165) is 23.0 Å². The molecule has 2 N–H and O–H groups in total. The van der Waals surface area contributed by atoms with Crippen LogP contribution in [-0.2, 0) is 16.4 Å². The van der Waals surface area contributed by atoms with Gasteiger partial charge in [-0.15, -0.1) is 23.4 Å². The van der Waals surface area contributed by atoms with Crippen LogP contribution in [0.2, 0.25) is 0 Å². The highest BCUT2D eigenvalue weighted by atomic mass is 32.2. The van der Waals surface area contributed by atoms with E-state index in [1.807, 2.05) is 13.8 Å². The summed E-state index contributed by atoms with van der Waals surface area (Å²) in [5.74, 6) is -1.19. The third kappa shape index (κ3) is 6.90. The van der Waals surface area contributed by atoms with Crippen LogP contribution in [0.4, 0.5) is 18.3 Å². The summed E-state index contributed by atoms with van der Waals surface area (Å²) >= 11 is 1.16. The highest BCUT2D eigenvalue weighted by Crippen LogP contribution is 2.26. The van der Waals surface area contributed by atoms with E-state index in [9.17, 15) is 26.4 Å². The van der Waals surface area contributed by atoms with E-state index in [-0.39, 0.29) is 28.1 Å². The lowest BCUT2D eigenvalue weighted by atomic mass is 10.1. The van der Waals surface area contributed by atoms with E-state index >= 15 is 0 Å². The van der Waals surface area contributed by atoms with Crippen LogP contribution >= 0.6 is 11.3 Å². The SMILES string of the molecule is CC(C)c1nnc(NS(=O)(=O)c2ccc(CCNC(=O)c3ccccc3OC(F)(F)F)cc2)s1. The number of rotatable bonds is 9. The van der Waals surface area contributed by atoms with E-state index in [1.54, 1.807) is 12.1 Å². The molecule has 34 heavy (non-hydrogen) atoms. The maximum absolute atomic E-state index is 12.6. The monoisotopic (exact) mass is 514 g/mol. The summed E-state index contributed by atoms with van der Waals surface area (Å²) in [4.78, 5) is 12.3. The smallest absolute Gasteiger partial charge is 0.405 e. The third-order valence-corrected chi connectivity index (χ3v) is 7.07. The van der Waals surface area contributed by atoms with Gasteiger partial charge >= 0.3 is 6.36 Å². The number of hydrogen-bond donors (Lipinski definition) is 2. The predicted molar refractivity (Wildman–Crippen MR) is 120 cm³/mol. The number of para-hydroxylation sites is 1. The Morgan fingerprint density at radius 3 is 2.38 bits per heavy atom. The summed E-state index contributed by atoms with van der Waals surface area (Å²) in [6, 6.07) is 11.0. The highest BCUT2D eigenvalue weighted by Gasteiger charge is 2.32. The fraction of sp³-hybridized carbons (Fsp3) is 0.286. The first-order valence-corrected chi connectivity index (χ1v) is 12.3. The van der Waals surface area contributed by atoms with Gasteiger partial charge in [0.2, 0.25) is 5.13 Å². The minimum atomic E-state index is -4.92. The number of nitrogens with one attached hydrogen (secondary N) is 2. The second kappa shape index (κ2) is 10.4. The number of amides is 1. The van der Waals surface area contributed by atoms with Gasteiger partial charge < -0.3 is 10.1 Å². The van der Waals surface area contributed by atoms with Gasteiger partial charge in [0, 0.05) is 12.5 Å². The molecule has 0 aliphatic carbocycles. The quantitative estimate of drug-likeness (QED) is 0.440. The molecule has 3 aromatic rings. The Balaban J connectivity index is 1.57. The van der Waals surface area contributed by atoms with Gasteiger partial charge in [0.25, 0.3) is 15.9 Å². The predicted octanol–water partition coefficient (Wildman–Crippen LogP) is 4.33. The first kappa shape index (κ1) is 25.4. The summed E-state index contributed by atoms with van der Waals surface area (Å²) in [6.07, 6.45) is -4.59. The van der Waals surface area contributed by atoms with Crippen molar-refractivity contribution in [3.05, 3.63) is 64.7 Å². The molecule has 0 spiro atoms. The average Bonchev–Trinajstić information content (AvgIpc) is 3.21. The Bertz CT molecular complexity index is 1240. The zero-order valence-corrected chi connectivity index (χ0v) is 19.7. The third-order valence-electron chi connectivity index (χ3n) is 4.45. The molecule has 0 fully saturated rings. The molecule has 3 rings (SSSR count). The highest BCUT2D eigenvalue weighted by molar-refractivity contribution is 7.93. The van der Waals surface area contributed by atoms with Crippen molar-refractivity contribution < 1.29 is 31.1 Å². The molecule has 0 aliphatic rings. The molecule has 182 valence electrons. The van der Waals surface area contributed by atoms with Crippen LogP contribution in [0, 0.1) is 0 Å². The van der Waals surface area contributed by atoms with Crippen LogP contribution in [0.5, 0.6) is 5.75 Å². The molecular formula is C21H21F3N4O4S2. The molecule has 0 bridgehead atoms. The van der Waals surface area contributed by atoms with Crippen molar-refractivity contribution in [3.63, 3.8) is 0 Å². The Labute approximate surface area is 198 Å². The summed E-state index contributed by atoms with van der Waals surface area (Å²) in [6.45, 7) is 3.97. The van der Waals surface area contributed by atoms with Crippen LogP contribution in [-0.4, -0.2) is 37.4 Å². The lowest BCUT2D eigenvalue weighted by molar-refractivity contribution is -0.274. The molecule has 0 saturated heterocycles. The molecule has 2 aromatic carbocycles. The number of alkyl halides is 3. The number of anilines is 1. The summed E-state index contributed by atoms with van der Waals surface area (Å²) in [5.41, 5.74) is 0.474. The van der Waals surface area contributed by atoms with Crippen molar-refractivity contribution in [2.45, 2.75) is 37.4 Å². The number of aromatic nitrogens is 2. The lowest BCUT2D eigenvalue weighted by Gasteiger charge is -2.13. The van der Waals surface area contributed by atoms with Crippen molar-refractivity contribution in [1.29, 1.82) is 0 Å². The zero-order valence-electron chi connectivity index (χ0n) is 18.1. The van der Waals surface area contributed by atoms with Crippen LogP contribution in [0.15, 0.2) is 53.4 Å². The van der Waals surface area contributed by atoms with E-state index in [2.05, 4.69) is 25.0 Å². The fourth-order valence-electron chi connectivity index (χ4n) is 2.80. The normalized spacial score (nSPS) is 11.9. The van der Waals surface area contributed by atoms with Crippen molar-refractivity contribution in [1.82, 2.24) is 15.5 Å². The van der Waals surface area contributed by atoms with Crippen LogP contribution in [0.25, 0.3) is 0 Å². The number of sulfonamides is 1. The summed E-state index contributed by atoms with van der Waals surface area (Å²) < 4.78 is 69.0. The Morgan fingerprint density at radius 2 is 1.76 bits per heavy atom. The van der Waals surface area contributed by atoms with Gasteiger partial charge in [0.1, 0.15) is 10.8 Å². The van der Waals surface area contributed by atoms with Gasteiger partial charge in [-0.3, -0.25) is 9.52 Å². The Kier molecular flexibility index (Phi) is 7.77. The van der Waals surface area contributed by atoms with Gasteiger partial charge in [-0.25, -0.2) is 8.42 Å². The number of halogens is 3. The largest absolute Gasteiger partial charge is 0.573 e. The van der Waals surface area contributed by atoms with Crippen molar-refractivity contribution >= 4 is 32.4 Å². The molecule has 1 aromatic heterocycles. The van der Waals surface area contributed by atoms with Gasteiger partial charge in [0.05, 0.1) is 10.5 Å². The van der Waals surface area contributed by atoms with Crippen LogP contribution < -0.4 is 14.8 Å². The van der Waals surface area contributed by atoms with Crippen LogP contribution in [0.3, 0.4) is 0 Å². The number of nitrogens with zero attached hydrogens (tertiary/aromatic N) is 2. The van der Waals surface area contributed by atoms with Gasteiger partial charge in [0.15, 0.2) is 0 Å². The zero-order chi connectivity index (χ0) is 24.9. The summed E-state index contributed by atoms with van der Waals surface area (Å²) in [7, 11) is -3.85. The molecule has 0 unspecified atom stereocenters. The number of ether oxygens (including phenoxy) is 1. The number of benzene rings is 2. The first-order chi connectivity index (χ1) is 15.9. The van der Waals surface area contributed by atoms with Crippen molar-refractivity contribution in [2.75, 3.05) is 11.3 Å². The Morgan fingerprint density at radius 1 is 1.09 bits per heavy atom. The number of carbonyl (C=O) groups excluding carboxylic acids is 1. The topological polar surface area (TPSA) is 110 Å². The second-order valence-corrected chi connectivity index (χ2v) is 10.1. The van der Waals surface area contributed by atoms with Gasteiger partial charge in [-0.05, 0) is 36.2 Å². The molecule has 1 heterocycles. The number of carbonyl (C=O) groups is 1. The van der Waals surface area contributed by atoms with E-state index in [4.69, 9.17) is 0 Å². The molecule has 0 atom stereocenters. The lowest BCUT2D eigenvalue weighted by Crippen LogP contribution is -2.27. The summed E-state index contributed by atoms with van der Waals surface area (Å²) in [5, 5.41) is 11.2. The fourth-order valence-corrected chi connectivity index (χ4v) is 4.78. The van der Waals surface area contributed by atoms with Crippen molar-refractivity contribution in [2.24, 2.45) is 0 Å². The minimum absolute atomic E-state index is 0.0276. The van der Waals surface area contributed by atoms with Gasteiger partial charge in [-0.1, -0.05) is 49.4 Å². The maximum Gasteiger partial charge on any atom is 0.573 e. The average molecular weight is 515 g/mol. The molecule has 0 radical (unpaired) electrons. The second-order valence-electron chi connectivity index (χ2n) is 7.40. The molecular weight excluding hydrogens is 493 g/mol. The molecule has 8 nitrogen and oxygen atoms in total. The number of hydrogen-bond acceptors (Lipinski definition) is 7. The van der Waals surface area contributed by atoms with E-state index in [1.165, 1.54) is 30.3 Å². The Hall–Kier alpha value is -3.19. The first-order valence-electron chi connectivity index (χ1n) is 10.0.